The van der Waals surface area contributed by atoms with Crippen LogP contribution in [0.3, 0.4) is 0 Å². The van der Waals surface area contributed by atoms with E-state index in [-0.39, 0.29) is 33.7 Å². The molecule has 0 spiro atoms. The monoisotopic (exact) mass is 396 g/mol. The lowest BCUT2D eigenvalue weighted by molar-refractivity contribution is -0.126. The van der Waals surface area contributed by atoms with Crippen LogP contribution in [0.1, 0.15) is 48.9 Å². The number of amides is 1. The number of hydrogen-bond acceptors (Lipinski definition) is 4. The van der Waals surface area contributed by atoms with Crippen LogP contribution in [0, 0.1) is 23.2 Å². The van der Waals surface area contributed by atoms with Crippen LogP contribution in [0.4, 0.5) is 0 Å². The maximum atomic E-state index is 12.1. The third kappa shape index (κ3) is 3.70. The predicted molar refractivity (Wildman–Crippen MR) is 98.2 cm³/mol. The van der Waals surface area contributed by atoms with Gasteiger partial charge >= 0.3 is 5.97 Å². The molecule has 1 heterocycles. The van der Waals surface area contributed by atoms with Crippen molar-refractivity contribution in [1.29, 1.82) is 0 Å². The number of aromatic nitrogens is 1. The second-order valence-electron chi connectivity index (χ2n) is 8.27. The fourth-order valence-corrected chi connectivity index (χ4v) is 5.86. The summed E-state index contributed by atoms with van der Waals surface area (Å²) in [5, 5.41) is 3.28. The van der Waals surface area contributed by atoms with Crippen molar-refractivity contribution in [3.63, 3.8) is 0 Å². The first kappa shape index (κ1) is 18.1. The minimum Gasteiger partial charge on any atom is -0.452 e. The number of nitrogens with one attached hydrogen (secondary N) is 1. The first-order chi connectivity index (χ1) is 12.4. The number of ether oxygens (including phenoxy) is 1. The molecule has 4 fully saturated rings. The van der Waals surface area contributed by atoms with Crippen LogP contribution < -0.4 is 5.32 Å². The molecular weight excluding hydrogens is 375 g/mol. The first-order valence-electron chi connectivity index (χ1n) is 9.17. The summed E-state index contributed by atoms with van der Waals surface area (Å²) in [5.74, 6) is 1.64. The van der Waals surface area contributed by atoms with Crippen molar-refractivity contribution in [1.82, 2.24) is 10.3 Å². The first-order valence-corrected chi connectivity index (χ1v) is 9.93. The summed E-state index contributed by atoms with van der Waals surface area (Å²) in [5.41, 5.74) is 0.440. The Morgan fingerprint density at radius 2 is 1.77 bits per heavy atom. The van der Waals surface area contributed by atoms with Crippen LogP contribution >= 0.6 is 23.2 Å². The summed E-state index contributed by atoms with van der Waals surface area (Å²) >= 11 is 11.6. The van der Waals surface area contributed by atoms with Gasteiger partial charge in [0, 0.05) is 12.7 Å². The minimum absolute atomic E-state index is 0.122. The number of carbonyl (C=O) groups excluding carboxylic acids is 2. The van der Waals surface area contributed by atoms with Crippen LogP contribution in [0.25, 0.3) is 0 Å². The van der Waals surface area contributed by atoms with Crippen LogP contribution in [0.15, 0.2) is 12.3 Å². The van der Waals surface area contributed by atoms with E-state index in [1.807, 2.05) is 0 Å². The van der Waals surface area contributed by atoms with Crippen molar-refractivity contribution in [2.45, 2.75) is 38.5 Å². The van der Waals surface area contributed by atoms with Gasteiger partial charge in [-0.05, 0) is 67.8 Å². The summed E-state index contributed by atoms with van der Waals surface area (Å²) in [6.45, 7) is 0.395. The molecule has 0 unspecified atom stereocenters. The van der Waals surface area contributed by atoms with Crippen molar-refractivity contribution in [2.24, 2.45) is 23.2 Å². The van der Waals surface area contributed by atoms with Gasteiger partial charge in [-0.2, -0.15) is 0 Å². The Morgan fingerprint density at radius 1 is 1.15 bits per heavy atom. The molecule has 4 bridgehead atoms. The summed E-state index contributed by atoms with van der Waals surface area (Å²) < 4.78 is 5.06. The molecule has 0 aliphatic heterocycles. The molecule has 1 aromatic heterocycles. The van der Waals surface area contributed by atoms with E-state index in [9.17, 15) is 9.59 Å². The Hall–Kier alpha value is -1.33. The van der Waals surface area contributed by atoms with Crippen LogP contribution in [0.5, 0.6) is 0 Å². The quantitative estimate of drug-likeness (QED) is 0.605. The highest BCUT2D eigenvalue weighted by molar-refractivity contribution is 6.41. The van der Waals surface area contributed by atoms with Crippen molar-refractivity contribution >= 4 is 35.1 Å². The van der Waals surface area contributed by atoms with Crippen LogP contribution in [0.2, 0.25) is 10.2 Å². The Bertz CT molecular complexity index is 702. The lowest BCUT2D eigenvalue weighted by atomic mass is 9.49. The Balaban J connectivity index is 1.27. The van der Waals surface area contributed by atoms with Gasteiger partial charge in [0.05, 0.1) is 10.6 Å². The number of nitrogens with zero attached hydrogens (tertiary/aromatic N) is 1. The molecule has 7 heteroatoms. The second kappa shape index (κ2) is 7.01. The van der Waals surface area contributed by atoms with Gasteiger partial charge < -0.3 is 10.1 Å². The van der Waals surface area contributed by atoms with Crippen molar-refractivity contribution in [3.05, 3.63) is 28.0 Å². The molecule has 0 radical (unpaired) electrons. The summed E-state index contributed by atoms with van der Waals surface area (Å²) in [4.78, 5) is 27.9. The van der Waals surface area contributed by atoms with E-state index in [2.05, 4.69) is 10.3 Å². The Kier molecular flexibility index (Phi) is 4.86. The van der Waals surface area contributed by atoms with Gasteiger partial charge in [-0.1, -0.05) is 23.2 Å². The van der Waals surface area contributed by atoms with Crippen molar-refractivity contribution in [2.75, 3.05) is 13.2 Å². The maximum absolute atomic E-state index is 12.1. The molecule has 1 N–H and O–H groups in total. The minimum atomic E-state index is -0.638. The number of halogens is 2. The summed E-state index contributed by atoms with van der Waals surface area (Å²) in [7, 11) is 0. The highest BCUT2D eigenvalue weighted by Gasteiger charge is 2.50. The van der Waals surface area contributed by atoms with Gasteiger partial charge in [-0.25, -0.2) is 9.78 Å². The summed E-state index contributed by atoms with van der Waals surface area (Å²) in [6.07, 6.45) is 9.10. The van der Waals surface area contributed by atoms with E-state index in [4.69, 9.17) is 27.9 Å². The van der Waals surface area contributed by atoms with E-state index in [0.29, 0.717) is 6.54 Å². The molecule has 0 aromatic carbocycles. The number of carbonyl (C=O) groups is 2. The average molecular weight is 397 g/mol. The SMILES string of the molecule is O=C(COC(=O)c1cnc(Cl)c(Cl)c1)NCC12CC3CC(CC(C3)C1)C2. The average Bonchev–Trinajstić information content (AvgIpc) is 2.59. The molecule has 140 valence electrons. The normalized spacial score (nSPS) is 31.7. The second-order valence-corrected chi connectivity index (χ2v) is 9.03. The van der Waals surface area contributed by atoms with Crippen molar-refractivity contribution in [3.8, 4) is 0 Å². The molecule has 4 saturated carbocycles. The molecule has 5 rings (SSSR count). The topological polar surface area (TPSA) is 68.3 Å². The number of hydrogen-bond donors (Lipinski definition) is 1. The smallest absolute Gasteiger partial charge is 0.340 e. The molecule has 4 aliphatic carbocycles. The van der Waals surface area contributed by atoms with Crippen molar-refractivity contribution < 1.29 is 14.3 Å². The molecule has 1 amide bonds. The summed E-state index contributed by atoms with van der Waals surface area (Å²) in [6, 6.07) is 1.38. The van der Waals surface area contributed by atoms with E-state index < -0.39 is 5.97 Å². The lowest BCUT2D eigenvalue weighted by Crippen LogP contribution is -2.51. The van der Waals surface area contributed by atoms with Crippen LogP contribution in [-0.4, -0.2) is 30.0 Å². The Morgan fingerprint density at radius 3 is 2.35 bits per heavy atom. The van der Waals surface area contributed by atoms with E-state index in [1.54, 1.807) is 0 Å². The van der Waals surface area contributed by atoms with E-state index >= 15 is 0 Å². The third-order valence-corrected chi connectivity index (χ3v) is 6.88. The zero-order valence-electron chi connectivity index (χ0n) is 14.5. The highest BCUT2D eigenvalue weighted by atomic mass is 35.5. The van der Waals surface area contributed by atoms with E-state index in [0.717, 1.165) is 17.8 Å². The number of esters is 1. The number of rotatable bonds is 5. The molecule has 0 saturated heterocycles. The van der Waals surface area contributed by atoms with Gasteiger partial charge in [0.1, 0.15) is 5.15 Å². The maximum Gasteiger partial charge on any atom is 0.340 e. The largest absolute Gasteiger partial charge is 0.452 e. The van der Waals surface area contributed by atoms with Gasteiger partial charge in [0.15, 0.2) is 6.61 Å². The number of pyridine rings is 1. The van der Waals surface area contributed by atoms with Gasteiger partial charge in [-0.3, -0.25) is 4.79 Å². The molecule has 4 aliphatic rings. The fourth-order valence-electron chi connectivity index (χ4n) is 5.59. The van der Waals surface area contributed by atoms with Gasteiger partial charge in [0.2, 0.25) is 0 Å². The van der Waals surface area contributed by atoms with Crippen LogP contribution in [-0.2, 0) is 9.53 Å². The lowest BCUT2D eigenvalue weighted by Gasteiger charge is -2.56. The fraction of sp³-hybridized carbons (Fsp3) is 0.632. The zero-order valence-corrected chi connectivity index (χ0v) is 16.0. The van der Waals surface area contributed by atoms with E-state index in [1.165, 1.54) is 50.8 Å². The molecular formula is C19H22Cl2N2O3. The Labute approximate surface area is 162 Å². The zero-order chi connectivity index (χ0) is 18.3. The molecule has 26 heavy (non-hydrogen) atoms. The molecule has 5 nitrogen and oxygen atoms in total. The van der Waals surface area contributed by atoms with Gasteiger partial charge in [-0.15, -0.1) is 0 Å². The standard InChI is InChI=1S/C19H22Cl2N2O3/c20-15-4-14(8-22-17(15)21)18(25)26-9-16(24)23-10-19-5-11-1-12(6-19)3-13(2-11)7-19/h4,8,11-13H,1-3,5-7,9-10H2,(H,23,24). The predicted octanol–water partition coefficient (Wildman–Crippen LogP) is 3.88. The highest BCUT2D eigenvalue weighted by Crippen LogP contribution is 2.59. The molecule has 0 atom stereocenters. The molecule has 1 aromatic rings. The third-order valence-electron chi connectivity index (χ3n) is 6.19. The van der Waals surface area contributed by atoms with Gasteiger partial charge in [0.25, 0.3) is 5.91 Å².